The number of nitrogens with zero attached hydrogens (tertiary/aromatic N) is 1. The molecule has 19 heavy (non-hydrogen) atoms. The molecule has 0 spiro atoms. The molecule has 1 aromatic heterocycles. The van der Waals surface area contributed by atoms with Crippen LogP contribution in [0.15, 0.2) is 5.38 Å². The summed E-state index contributed by atoms with van der Waals surface area (Å²) in [6.07, 6.45) is 0.709. The van der Waals surface area contributed by atoms with Crippen molar-refractivity contribution in [1.82, 2.24) is 4.98 Å². The van der Waals surface area contributed by atoms with E-state index in [9.17, 15) is 9.59 Å². The number of carbonyl (C=O) groups is 2. The Kier molecular flexibility index (Phi) is 5.20. The third-order valence-corrected chi connectivity index (χ3v) is 3.37. The number of nitrogens with two attached hydrogens (primary N) is 1. The summed E-state index contributed by atoms with van der Waals surface area (Å²) in [6, 6.07) is 0. The maximum Gasteiger partial charge on any atom is 0.230 e. The van der Waals surface area contributed by atoms with Crippen molar-refractivity contribution < 1.29 is 9.59 Å². The molecule has 106 valence electrons. The highest BCUT2D eigenvalue weighted by atomic mass is 32.1. The number of anilines is 1. The van der Waals surface area contributed by atoms with E-state index >= 15 is 0 Å². The van der Waals surface area contributed by atoms with Gasteiger partial charge in [-0.1, -0.05) is 20.8 Å². The molecule has 1 aromatic rings. The fourth-order valence-corrected chi connectivity index (χ4v) is 2.48. The molecule has 1 atom stereocenters. The maximum atomic E-state index is 12.1. The van der Waals surface area contributed by atoms with Crippen molar-refractivity contribution >= 4 is 28.2 Å². The van der Waals surface area contributed by atoms with Crippen LogP contribution < -0.4 is 11.1 Å². The molecular weight excluding hydrogens is 262 g/mol. The minimum absolute atomic E-state index is 0.0365. The molecule has 0 aliphatic heterocycles. The Hall–Kier alpha value is -1.27. The van der Waals surface area contributed by atoms with Crippen molar-refractivity contribution in [1.29, 1.82) is 0 Å². The van der Waals surface area contributed by atoms with Gasteiger partial charge in [0.1, 0.15) is 5.69 Å². The lowest BCUT2D eigenvalue weighted by Gasteiger charge is -2.23. The van der Waals surface area contributed by atoms with E-state index in [2.05, 4.69) is 31.1 Å². The number of Topliss-reactive ketones (excluding diaryl/α,β-unsaturated/α-hetero) is 1. The van der Waals surface area contributed by atoms with Gasteiger partial charge in [-0.15, -0.1) is 11.3 Å². The molecule has 0 aromatic carbocycles. The summed E-state index contributed by atoms with van der Waals surface area (Å²) in [6.45, 7) is 7.96. The topological polar surface area (TPSA) is 85.1 Å². The molecule has 1 amide bonds. The summed E-state index contributed by atoms with van der Waals surface area (Å²) in [5.74, 6) is -0.492. The van der Waals surface area contributed by atoms with Crippen LogP contribution in [0.5, 0.6) is 0 Å². The summed E-state index contributed by atoms with van der Waals surface area (Å²) in [7, 11) is 0. The van der Waals surface area contributed by atoms with Crippen LogP contribution in [0.1, 0.15) is 44.6 Å². The molecule has 6 heteroatoms. The first kappa shape index (κ1) is 15.8. The normalized spacial score (nSPS) is 13.1. The monoisotopic (exact) mass is 283 g/mol. The van der Waals surface area contributed by atoms with Gasteiger partial charge in [0, 0.05) is 18.8 Å². The zero-order valence-corrected chi connectivity index (χ0v) is 12.6. The Labute approximate surface area is 117 Å². The first-order valence-electron chi connectivity index (χ1n) is 6.20. The Balaban J connectivity index is 2.68. The summed E-state index contributed by atoms with van der Waals surface area (Å²) < 4.78 is 0. The van der Waals surface area contributed by atoms with Crippen molar-refractivity contribution in [2.45, 2.75) is 34.1 Å². The number of nitrogens with one attached hydrogen (secondary N) is 1. The van der Waals surface area contributed by atoms with Crippen LogP contribution >= 0.6 is 11.3 Å². The molecule has 3 N–H and O–H groups in total. The Morgan fingerprint density at radius 3 is 2.53 bits per heavy atom. The van der Waals surface area contributed by atoms with Crippen LogP contribution in [0.3, 0.4) is 0 Å². The first-order valence-corrected chi connectivity index (χ1v) is 7.08. The first-order chi connectivity index (χ1) is 8.73. The van der Waals surface area contributed by atoms with E-state index < -0.39 is 0 Å². The Morgan fingerprint density at radius 1 is 1.47 bits per heavy atom. The van der Waals surface area contributed by atoms with Gasteiger partial charge in [0.05, 0.1) is 5.92 Å². The quantitative estimate of drug-likeness (QED) is 0.812. The molecule has 0 radical (unpaired) electrons. The smallest absolute Gasteiger partial charge is 0.230 e. The molecular formula is C13H21N3O2S. The lowest BCUT2D eigenvalue weighted by molar-refractivity contribution is -0.120. The standard InChI is InChI=1S/C13H21N3O2S/c1-8(17)10-7-19-12(15-10)16-11(18)9(6-14)5-13(2,3)4/h7,9H,5-6,14H2,1-4H3,(H,15,16,18). The van der Waals surface area contributed by atoms with Gasteiger partial charge < -0.3 is 11.1 Å². The van der Waals surface area contributed by atoms with Gasteiger partial charge in [-0.2, -0.15) is 0 Å². The van der Waals surface area contributed by atoms with Crippen molar-refractivity contribution in [3.05, 3.63) is 11.1 Å². The zero-order chi connectivity index (χ0) is 14.6. The Bertz CT molecular complexity index is 463. The zero-order valence-electron chi connectivity index (χ0n) is 11.8. The van der Waals surface area contributed by atoms with Crippen molar-refractivity contribution in [2.24, 2.45) is 17.1 Å². The van der Waals surface area contributed by atoms with E-state index in [0.29, 0.717) is 23.8 Å². The number of hydrogen-bond acceptors (Lipinski definition) is 5. The lowest BCUT2D eigenvalue weighted by Crippen LogP contribution is -2.32. The SMILES string of the molecule is CC(=O)c1csc(NC(=O)C(CN)CC(C)(C)C)n1. The maximum absolute atomic E-state index is 12.1. The minimum Gasteiger partial charge on any atom is -0.330 e. The highest BCUT2D eigenvalue weighted by Crippen LogP contribution is 2.25. The molecule has 5 nitrogen and oxygen atoms in total. The van der Waals surface area contributed by atoms with Gasteiger partial charge >= 0.3 is 0 Å². The fourth-order valence-electron chi connectivity index (χ4n) is 1.72. The molecule has 0 bridgehead atoms. The van der Waals surface area contributed by atoms with Gasteiger partial charge in [0.15, 0.2) is 10.9 Å². The molecule has 0 aliphatic carbocycles. The van der Waals surface area contributed by atoms with Crippen LogP contribution in [0.4, 0.5) is 5.13 Å². The molecule has 0 fully saturated rings. The lowest BCUT2D eigenvalue weighted by atomic mass is 9.84. The second kappa shape index (κ2) is 6.25. The van der Waals surface area contributed by atoms with E-state index in [-0.39, 0.29) is 23.0 Å². The summed E-state index contributed by atoms with van der Waals surface area (Å²) in [5.41, 5.74) is 6.07. The van der Waals surface area contributed by atoms with Crippen molar-refractivity contribution in [2.75, 3.05) is 11.9 Å². The molecule has 1 rings (SSSR count). The van der Waals surface area contributed by atoms with E-state index in [4.69, 9.17) is 5.73 Å². The average Bonchev–Trinajstić information content (AvgIpc) is 2.73. The van der Waals surface area contributed by atoms with Gasteiger partial charge in [0.2, 0.25) is 5.91 Å². The minimum atomic E-state index is -0.246. The second-order valence-electron chi connectivity index (χ2n) is 5.78. The predicted molar refractivity (Wildman–Crippen MR) is 77.4 cm³/mol. The molecule has 1 heterocycles. The molecule has 0 saturated carbocycles. The van der Waals surface area contributed by atoms with Crippen molar-refractivity contribution in [3.8, 4) is 0 Å². The Morgan fingerprint density at radius 2 is 2.11 bits per heavy atom. The van der Waals surface area contributed by atoms with E-state index in [0.717, 1.165) is 0 Å². The van der Waals surface area contributed by atoms with Gasteiger partial charge in [-0.3, -0.25) is 9.59 Å². The summed E-state index contributed by atoms with van der Waals surface area (Å²) in [5, 5.41) is 4.81. The predicted octanol–water partition coefficient (Wildman–Crippen LogP) is 2.30. The highest BCUT2D eigenvalue weighted by Gasteiger charge is 2.24. The van der Waals surface area contributed by atoms with Gasteiger partial charge in [0.25, 0.3) is 0 Å². The van der Waals surface area contributed by atoms with E-state index in [1.807, 2.05) is 0 Å². The van der Waals surface area contributed by atoms with Gasteiger partial charge in [-0.05, 0) is 11.8 Å². The molecule has 1 unspecified atom stereocenters. The molecule has 0 aliphatic rings. The summed E-state index contributed by atoms with van der Waals surface area (Å²) in [4.78, 5) is 27.3. The average molecular weight is 283 g/mol. The van der Waals surface area contributed by atoms with Crippen LogP contribution in [-0.4, -0.2) is 23.2 Å². The summed E-state index contributed by atoms with van der Waals surface area (Å²) >= 11 is 1.25. The fraction of sp³-hybridized carbons (Fsp3) is 0.615. The number of thiazole rings is 1. The van der Waals surface area contributed by atoms with Crippen LogP contribution in [0, 0.1) is 11.3 Å². The van der Waals surface area contributed by atoms with Crippen LogP contribution in [-0.2, 0) is 4.79 Å². The highest BCUT2D eigenvalue weighted by molar-refractivity contribution is 7.14. The number of aromatic nitrogens is 1. The van der Waals surface area contributed by atoms with E-state index in [1.165, 1.54) is 18.3 Å². The van der Waals surface area contributed by atoms with Crippen LogP contribution in [0.2, 0.25) is 0 Å². The molecule has 0 saturated heterocycles. The third kappa shape index (κ3) is 5.08. The van der Waals surface area contributed by atoms with Gasteiger partial charge in [-0.25, -0.2) is 4.98 Å². The number of carbonyl (C=O) groups excluding carboxylic acids is 2. The number of ketones is 1. The number of hydrogen-bond donors (Lipinski definition) is 2. The third-order valence-electron chi connectivity index (χ3n) is 2.61. The van der Waals surface area contributed by atoms with E-state index in [1.54, 1.807) is 5.38 Å². The second-order valence-corrected chi connectivity index (χ2v) is 6.64. The largest absolute Gasteiger partial charge is 0.330 e. The number of rotatable bonds is 5. The van der Waals surface area contributed by atoms with Crippen LogP contribution in [0.25, 0.3) is 0 Å². The number of amides is 1. The van der Waals surface area contributed by atoms with Crippen molar-refractivity contribution in [3.63, 3.8) is 0 Å².